The summed E-state index contributed by atoms with van der Waals surface area (Å²) < 4.78 is -0.0858. The van der Waals surface area contributed by atoms with Crippen LogP contribution in [0.1, 0.15) is 5.56 Å². The molecule has 0 aromatic heterocycles. The Morgan fingerprint density at radius 1 is 1.62 bits per heavy atom. The monoisotopic (exact) mass is 243 g/mol. The molecule has 0 amide bonds. The number of nitrogens with zero attached hydrogens (tertiary/aromatic N) is 1. The Labute approximate surface area is 82.3 Å². The molecule has 5 nitrogen and oxygen atoms in total. The number of anilines is 1. The zero-order chi connectivity index (χ0) is 10.0. The molecule has 0 radical (unpaired) electrons. The maximum absolute atomic E-state index is 10.5. The van der Waals surface area contributed by atoms with Gasteiger partial charge in [-0.25, -0.2) is 0 Å². The Kier molecular flexibility index (Phi) is 2.62. The molecule has 0 spiro atoms. The summed E-state index contributed by atoms with van der Waals surface area (Å²) in [5, 5.41) is 17.8. The van der Waals surface area contributed by atoms with E-state index in [-0.39, 0.29) is 21.6 Å². The molecule has 1 aromatic carbocycles. The number of hydrogen-bond acceptors (Lipinski definition) is 4. The van der Waals surface area contributed by atoms with Gasteiger partial charge in [-0.15, -0.1) is 0 Å². The zero-order valence-electron chi connectivity index (χ0n) is 6.45. The Bertz CT molecular complexity index is 378. The van der Waals surface area contributed by atoms with Crippen molar-refractivity contribution in [2.45, 2.75) is 0 Å². The molecule has 0 saturated carbocycles. The summed E-state index contributed by atoms with van der Waals surface area (Å²) in [5.41, 5.74) is 5.66. The van der Waals surface area contributed by atoms with Crippen LogP contribution in [0, 0.1) is 15.5 Å². The number of nitrogens with two attached hydrogens (primary N) is 1. The van der Waals surface area contributed by atoms with Crippen LogP contribution in [-0.4, -0.2) is 9.54 Å². The van der Waals surface area contributed by atoms with Crippen molar-refractivity contribution in [2.24, 2.45) is 0 Å². The van der Waals surface area contributed by atoms with Crippen LogP contribution in [0.3, 0.4) is 0 Å². The van der Waals surface area contributed by atoms with E-state index >= 15 is 0 Å². The van der Waals surface area contributed by atoms with Gasteiger partial charge in [0.2, 0.25) is 0 Å². The van der Waals surface area contributed by atoms with Gasteiger partial charge in [0.15, 0.2) is 0 Å². The lowest BCUT2D eigenvalue weighted by atomic mass is 10.1. The highest BCUT2D eigenvalue weighted by atomic mass is 79.9. The molecule has 3 N–H and O–H groups in total. The lowest BCUT2D eigenvalue weighted by Gasteiger charge is -2.02. The smallest absolute Gasteiger partial charge is 0.281 e. The fourth-order valence-corrected chi connectivity index (χ4v) is 1.38. The van der Waals surface area contributed by atoms with Crippen LogP contribution in [0.25, 0.3) is 0 Å². The van der Waals surface area contributed by atoms with E-state index in [0.717, 1.165) is 0 Å². The first-order valence-corrected chi connectivity index (χ1v) is 4.10. The molecule has 0 fully saturated rings. The highest BCUT2D eigenvalue weighted by molar-refractivity contribution is 9.18. The molecule has 0 unspecified atom stereocenters. The van der Waals surface area contributed by atoms with Gasteiger partial charge < -0.3 is 5.73 Å². The average Bonchev–Trinajstić information content (AvgIpc) is 2.02. The molecule has 1 aromatic rings. The first kappa shape index (κ1) is 9.66. The molecular weight excluding hydrogens is 238 g/mol. The van der Waals surface area contributed by atoms with Crippen LogP contribution in [0.5, 0.6) is 0 Å². The number of nitrogens with one attached hydrogen (secondary N) is 1. The van der Waals surface area contributed by atoms with Gasteiger partial charge in [0.1, 0.15) is 10.2 Å². The zero-order valence-corrected chi connectivity index (χ0v) is 8.04. The minimum atomic E-state index is -0.568. The summed E-state index contributed by atoms with van der Waals surface area (Å²) >= 11 is 2.85. The summed E-state index contributed by atoms with van der Waals surface area (Å²) in [6.45, 7) is 0. The third-order valence-corrected chi connectivity index (χ3v) is 1.89. The maximum Gasteiger partial charge on any atom is 0.281 e. The van der Waals surface area contributed by atoms with E-state index in [1.54, 1.807) is 0 Å². The van der Waals surface area contributed by atoms with Gasteiger partial charge in [-0.1, -0.05) is 6.07 Å². The van der Waals surface area contributed by atoms with Gasteiger partial charge in [-0.05, 0) is 22.0 Å². The van der Waals surface area contributed by atoms with E-state index in [9.17, 15) is 10.1 Å². The van der Waals surface area contributed by atoms with E-state index in [2.05, 4.69) is 15.9 Å². The van der Waals surface area contributed by atoms with Gasteiger partial charge in [0.25, 0.3) is 5.69 Å². The molecule has 0 saturated heterocycles. The van der Waals surface area contributed by atoms with Gasteiger partial charge in [-0.3, -0.25) is 15.5 Å². The molecule has 0 aliphatic heterocycles. The van der Waals surface area contributed by atoms with Crippen LogP contribution in [-0.2, 0) is 0 Å². The predicted molar refractivity (Wildman–Crippen MR) is 53.3 cm³/mol. The van der Waals surface area contributed by atoms with Gasteiger partial charge in [-0.2, -0.15) is 0 Å². The lowest BCUT2D eigenvalue weighted by molar-refractivity contribution is -0.384. The lowest BCUT2D eigenvalue weighted by Crippen LogP contribution is -2.02. The number of nitro groups is 1. The standard InChI is InChI=1S/C7H6BrN3O2/c8-7(10)6-4(9)2-1-3-5(6)11(12)13/h1-3,10H,9H2. The van der Waals surface area contributed by atoms with E-state index in [4.69, 9.17) is 11.1 Å². The fraction of sp³-hybridized carbons (Fsp3) is 0. The third-order valence-electron chi connectivity index (χ3n) is 1.49. The minimum absolute atomic E-state index is 0.0858. The van der Waals surface area contributed by atoms with Crippen molar-refractivity contribution in [2.75, 3.05) is 5.73 Å². The first-order chi connectivity index (χ1) is 6.04. The third kappa shape index (κ3) is 1.83. The van der Waals surface area contributed by atoms with Gasteiger partial charge in [0.05, 0.1) is 4.92 Å². The fourth-order valence-electron chi connectivity index (χ4n) is 0.949. The Morgan fingerprint density at radius 3 is 2.62 bits per heavy atom. The van der Waals surface area contributed by atoms with Crippen molar-refractivity contribution in [1.29, 1.82) is 5.41 Å². The summed E-state index contributed by atoms with van der Waals surface area (Å²) in [6, 6.07) is 4.30. The molecule has 0 atom stereocenters. The number of nitrogen functional groups attached to an aromatic ring is 1. The van der Waals surface area contributed by atoms with E-state index in [1.165, 1.54) is 18.2 Å². The van der Waals surface area contributed by atoms with Crippen molar-refractivity contribution in [1.82, 2.24) is 0 Å². The first-order valence-electron chi connectivity index (χ1n) is 3.31. The number of hydrogen-bond donors (Lipinski definition) is 2. The van der Waals surface area contributed by atoms with Crippen LogP contribution < -0.4 is 5.73 Å². The summed E-state index contributed by atoms with van der Waals surface area (Å²) in [4.78, 5) is 9.94. The Balaban J connectivity index is 3.43. The molecule has 0 heterocycles. The van der Waals surface area contributed by atoms with E-state index < -0.39 is 4.92 Å². The molecule has 13 heavy (non-hydrogen) atoms. The van der Waals surface area contributed by atoms with Crippen molar-refractivity contribution in [3.05, 3.63) is 33.9 Å². The van der Waals surface area contributed by atoms with E-state index in [0.29, 0.717) is 0 Å². The van der Waals surface area contributed by atoms with Crippen LogP contribution in [0.2, 0.25) is 0 Å². The molecule has 0 bridgehead atoms. The normalized spacial score (nSPS) is 9.62. The SMILES string of the molecule is N=C(Br)c1c(N)cccc1[N+](=O)[O-]. The largest absolute Gasteiger partial charge is 0.398 e. The minimum Gasteiger partial charge on any atom is -0.398 e. The summed E-state index contributed by atoms with van der Waals surface area (Å²) in [5.74, 6) is 0. The second kappa shape index (κ2) is 3.53. The number of halogens is 1. The van der Waals surface area contributed by atoms with E-state index in [1.807, 2.05) is 0 Å². The predicted octanol–water partition coefficient (Wildman–Crippen LogP) is 1.90. The number of nitro benzene ring substituents is 1. The van der Waals surface area contributed by atoms with Crippen molar-refractivity contribution >= 4 is 31.9 Å². The van der Waals surface area contributed by atoms with Crippen LogP contribution in [0.4, 0.5) is 11.4 Å². The Morgan fingerprint density at radius 2 is 2.23 bits per heavy atom. The van der Waals surface area contributed by atoms with Gasteiger partial charge in [0, 0.05) is 11.8 Å². The molecular formula is C7H6BrN3O2. The van der Waals surface area contributed by atoms with Crippen LogP contribution in [0.15, 0.2) is 18.2 Å². The second-order valence-corrected chi connectivity index (χ2v) is 3.11. The molecule has 6 heteroatoms. The quantitative estimate of drug-likeness (QED) is 0.360. The molecule has 1 rings (SSSR count). The highest BCUT2D eigenvalue weighted by Crippen LogP contribution is 2.25. The van der Waals surface area contributed by atoms with Crippen LogP contribution >= 0.6 is 15.9 Å². The summed E-state index contributed by atoms with van der Waals surface area (Å²) in [7, 11) is 0. The molecule has 0 aliphatic carbocycles. The average molecular weight is 244 g/mol. The second-order valence-electron chi connectivity index (χ2n) is 2.31. The highest BCUT2D eigenvalue weighted by Gasteiger charge is 2.17. The summed E-state index contributed by atoms with van der Waals surface area (Å²) in [6.07, 6.45) is 0. The van der Waals surface area contributed by atoms with Crippen molar-refractivity contribution in [3.63, 3.8) is 0 Å². The molecule has 0 aliphatic rings. The van der Waals surface area contributed by atoms with Crippen molar-refractivity contribution in [3.8, 4) is 0 Å². The van der Waals surface area contributed by atoms with Crippen molar-refractivity contribution < 1.29 is 4.92 Å². The maximum atomic E-state index is 10.5. The topological polar surface area (TPSA) is 93.0 Å². The molecule has 68 valence electrons. The number of benzene rings is 1. The van der Waals surface area contributed by atoms with Gasteiger partial charge >= 0.3 is 0 Å². The Hall–Kier alpha value is -1.43. The number of rotatable bonds is 2.